The van der Waals surface area contributed by atoms with Gasteiger partial charge in [0.1, 0.15) is 34.0 Å². The normalized spacial score (nSPS) is 11.9. The minimum absolute atomic E-state index is 0.282. The molecule has 4 aromatic carbocycles. The fourth-order valence-electron chi connectivity index (χ4n) is 10.2. The van der Waals surface area contributed by atoms with Crippen LogP contribution >= 0.6 is 0 Å². The molecule has 18 heteroatoms. The number of fused-ring (bicyclic) bond motifs is 26. The van der Waals surface area contributed by atoms with Crippen LogP contribution in [0, 0.1) is 0 Å². The number of unbranched alkanes of at least 4 members (excludes halogenated alkanes) is 6. The number of nitrogens with one attached hydrogen (secondary N) is 2. The van der Waals surface area contributed by atoms with E-state index in [1.54, 1.807) is 12.4 Å². The molecule has 10 aromatic rings. The van der Waals surface area contributed by atoms with Crippen molar-refractivity contribution < 1.29 is 28.4 Å². The number of aromatic nitrogens is 12. The van der Waals surface area contributed by atoms with Crippen molar-refractivity contribution in [2.75, 3.05) is 39.6 Å². The molecule has 2 aliphatic heterocycles. The highest BCUT2D eigenvalue weighted by Gasteiger charge is 2.29. The van der Waals surface area contributed by atoms with Gasteiger partial charge in [0.15, 0.2) is 57.8 Å². The van der Waals surface area contributed by atoms with Gasteiger partial charge >= 0.3 is 0 Å². The fourth-order valence-corrected chi connectivity index (χ4v) is 10.2. The van der Waals surface area contributed by atoms with Crippen molar-refractivity contribution in [3.63, 3.8) is 0 Å². The van der Waals surface area contributed by atoms with Crippen molar-refractivity contribution in [1.82, 2.24) is 59.8 Å². The van der Waals surface area contributed by atoms with E-state index in [-0.39, 0.29) is 11.6 Å². The maximum absolute atomic E-state index is 6.53. The lowest BCUT2D eigenvalue weighted by Gasteiger charge is -2.14. The Morgan fingerprint density at radius 3 is 0.927 bits per heavy atom. The molecule has 8 heterocycles. The zero-order valence-electron chi connectivity index (χ0n) is 47.6. The van der Waals surface area contributed by atoms with Crippen molar-refractivity contribution >= 4 is 77.0 Å². The van der Waals surface area contributed by atoms with Gasteiger partial charge in [-0.05, 0) is 99.2 Å². The lowest BCUT2D eigenvalue weighted by Crippen LogP contribution is -2.03. The quantitative estimate of drug-likeness (QED) is 0.0425. The smallest absolute Gasteiger partial charge is 0.184 e. The van der Waals surface area contributed by atoms with Crippen LogP contribution < -0.4 is 28.4 Å². The summed E-state index contributed by atoms with van der Waals surface area (Å²) in [6.07, 6.45) is 14.6. The van der Waals surface area contributed by atoms with Gasteiger partial charge in [0.25, 0.3) is 0 Å². The van der Waals surface area contributed by atoms with Crippen molar-refractivity contribution in [2.24, 2.45) is 0 Å². The Labute approximate surface area is 474 Å². The molecule has 0 saturated heterocycles. The van der Waals surface area contributed by atoms with Gasteiger partial charge < -0.3 is 38.4 Å². The monoisotopic (exact) mass is 1100 g/mol. The number of nitrogens with zero attached hydrogens (tertiary/aromatic N) is 10. The van der Waals surface area contributed by atoms with E-state index in [1.807, 2.05) is 60.7 Å². The molecular formula is C64H68N12O6. The van der Waals surface area contributed by atoms with E-state index in [2.05, 4.69) is 51.5 Å². The van der Waals surface area contributed by atoms with E-state index in [9.17, 15) is 0 Å². The van der Waals surface area contributed by atoms with Gasteiger partial charge in [-0.25, -0.2) is 39.9 Å². The second kappa shape index (κ2) is 24.1. The Morgan fingerprint density at radius 1 is 0.317 bits per heavy atom. The van der Waals surface area contributed by atoms with Gasteiger partial charge in [-0.2, -0.15) is 0 Å². The summed E-state index contributed by atoms with van der Waals surface area (Å²) in [5.74, 6) is 4.98. The first-order valence-corrected chi connectivity index (χ1v) is 29.4. The van der Waals surface area contributed by atoms with Crippen molar-refractivity contribution in [1.29, 1.82) is 0 Å². The van der Waals surface area contributed by atoms with Crippen LogP contribution in [0.15, 0.2) is 73.1 Å². The summed E-state index contributed by atoms with van der Waals surface area (Å²) in [4.78, 5) is 60.0. The lowest BCUT2D eigenvalue weighted by atomic mass is 10.1. The highest BCUT2D eigenvalue weighted by molar-refractivity contribution is 6.21. The average molecular weight is 1100 g/mol. The third-order valence-electron chi connectivity index (χ3n) is 14.7. The molecule has 0 saturated carbocycles. The Bertz CT molecular complexity index is 3940. The molecule has 2 N–H and O–H groups in total. The van der Waals surface area contributed by atoms with Gasteiger partial charge in [-0.3, -0.25) is 9.97 Å². The van der Waals surface area contributed by atoms with Crippen LogP contribution in [0.25, 0.3) is 123 Å². The zero-order valence-corrected chi connectivity index (χ0v) is 47.6. The molecule has 0 spiro atoms. The Hall–Kier alpha value is -8.80. The highest BCUT2D eigenvalue weighted by atomic mass is 16.5. The predicted octanol–water partition coefficient (Wildman–Crippen LogP) is 15.0. The minimum atomic E-state index is 0.282. The van der Waals surface area contributed by atoms with Crippen LogP contribution in [-0.4, -0.2) is 99.4 Å². The van der Waals surface area contributed by atoms with E-state index in [1.165, 1.54) is 0 Å². The zero-order chi connectivity index (χ0) is 56.1. The van der Waals surface area contributed by atoms with E-state index in [4.69, 9.17) is 78.3 Å². The fraction of sp³-hybridized carbons (Fsp3) is 0.375. The highest BCUT2D eigenvalue weighted by Crippen LogP contribution is 2.45. The summed E-state index contributed by atoms with van der Waals surface area (Å²) in [7, 11) is 0. The van der Waals surface area contributed by atoms with Crippen LogP contribution in [-0.2, 0) is 0 Å². The Morgan fingerprint density at radius 2 is 0.610 bits per heavy atom. The van der Waals surface area contributed by atoms with Crippen molar-refractivity contribution in [3.8, 4) is 80.3 Å². The Kier molecular flexibility index (Phi) is 15.8. The lowest BCUT2D eigenvalue weighted by molar-refractivity contribution is 0.262. The number of hydrogen-bond donors (Lipinski definition) is 2. The van der Waals surface area contributed by atoms with E-state index < -0.39 is 0 Å². The molecular weight excluding hydrogens is 1030 g/mol. The molecule has 420 valence electrons. The summed E-state index contributed by atoms with van der Waals surface area (Å²) < 4.78 is 39.2. The summed E-state index contributed by atoms with van der Waals surface area (Å²) in [6, 6.07) is 19.7. The summed E-state index contributed by atoms with van der Waals surface area (Å²) in [6.45, 7) is 15.9. The van der Waals surface area contributed by atoms with Crippen molar-refractivity contribution in [3.05, 3.63) is 73.1 Å². The first-order chi connectivity index (χ1) is 40.4. The summed E-state index contributed by atoms with van der Waals surface area (Å²) in [5.41, 5.74) is 6.84. The molecule has 0 radical (unpaired) electrons. The molecule has 0 aliphatic carbocycles. The SMILES string of the molecule is CCCCOc1cc2c(cc1OCCCC)-c1nc-2nc2[nH]c(nc3nc(nc4[nH]c(n1)c1cc(OCCCC)c(OCCCC)cc41)-c1nc4c5cccnc5c5ncccc5c4nc1-3)c1cc(OCCCC)c(OCCCC)cc21. The van der Waals surface area contributed by atoms with E-state index >= 15 is 0 Å². The molecule has 2 aliphatic rings. The third kappa shape index (κ3) is 10.5. The van der Waals surface area contributed by atoms with Gasteiger partial charge in [-0.1, -0.05) is 80.1 Å². The van der Waals surface area contributed by atoms with E-state index in [0.717, 1.165) is 109 Å². The van der Waals surface area contributed by atoms with Gasteiger partial charge in [0, 0.05) is 55.8 Å². The number of H-pyrrole nitrogens is 2. The standard InChI is InChI=1S/C64H68N12O6/c1-7-13-25-77-45-31-39-40(32-46(45)78-26-14-8-2)58-69-57(39)70-59-41-33-47(79-27-15-9-3)49(81-29-17-11-5)35-43(41)61(72-59)74-63-55-56(68-54-38-22-20-24-66-52(38)51-37(53(54)67-55)21-19-23-65-51)64(76-63)75-62-44-36-50(82-30-18-12-6)48(80-28-16-10-4)34-42(44)60(71-58)73-62/h19-24,31-36H,7-18,25-30H2,1-6H3,(H2,69,70,71,72,73,74,75,76). The molecule has 18 nitrogen and oxygen atoms in total. The van der Waals surface area contributed by atoms with Crippen LogP contribution in [0.4, 0.5) is 0 Å². The molecule has 0 fully saturated rings. The number of rotatable bonds is 24. The predicted molar refractivity (Wildman–Crippen MR) is 322 cm³/mol. The molecule has 12 rings (SSSR count). The first kappa shape index (κ1) is 53.8. The Balaban J connectivity index is 1.22. The molecule has 8 bridgehead atoms. The molecule has 6 aromatic heterocycles. The molecule has 82 heavy (non-hydrogen) atoms. The van der Waals surface area contributed by atoms with Gasteiger partial charge in [-0.15, -0.1) is 0 Å². The summed E-state index contributed by atoms with van der Waals surface area (Å²) in [5, 5.41) is 4.47. The number of hydrogen-bond acceptors (Lipinski definition) is 16. The number of benzene rings is 4. The van der Waals surface area contributed by atoms with Gasteiger partial charge in [0.2, 0.25) is 0 Å². The maximum Gasteiger partial charge on any atom is 0.184 e. The maximum atomic E-state index is 6.53. The third-order valence-corrected chi connectivity index (χ3v) is 14.7. The molecule has 0 amide bonds. The van der Waals surface area contributed by atoms with Crippen LogP contribution in [0.3, 0.4) is 0 Å². The number of pyridine rings is 2. The topological polar surface area (TPSA) is 216 Å². The number of aromatic amines is 2. The molecule has 0 atom stereocenters. The average Bonchev–Trinajstić information content (AvgIpc) is 4.33. The van der Waals surface area contributed by atoms with Crippen molar-refractivity contribution in [2.45, 2.75) is 119 Å². The second-order valence-corrected chi connectivity index (χ2v) is 20.8. The van der Waals surface area contributed by atoms with Crippen LogP contribution in [0.2, 0.25) is 0 Å². The summed E-state index contributed by atoms with van der Waals surface area (Å²) >= 11 is 0. The van der Waals surface area contributed by atoms with Gasteiger partial charge in [0.05, 0.1) is 61.7 Å². The minimum Gasteiger partial charge on any atom is -0.490 e. The largest absolute Gasteiger partial charge is 0.490 e. The van der Waals surface area contributed by atoms with E-state index in [0.29, 0.717) is 153 Å². The second-order valence-electron chi connectivity index (χ2n) is 20.8. The first-order valence-electron chi connectivity index (χ1n) is 29.4. The van der Waals surface area contributed by atoms with Crippen LogP contribution in [0.1, 0.15) is 119 Å². The molecule has 0 unspecified atom stereocenters. The number of ether oxygens (including phenoxy) is 6. The van der Waals surface area contributed by atoms with Crippen LogP contribution in [0.5, 0.6) is 34.5 Å².